The van der Waals surface area contributed by atoms with Crippen LogP contribution in [0.2, 0.25) is 0 Å². The standard InChI is InChI=1S/C18H22O3S/c1-18(2,3)22(21)12-15(17(19)20)11-14-9-6-8-13-7-4-5-10-16(13)14/h4-10,15H,11-12H2,1-3H3,(H,19,20)/t15-,22?/m1/s1. The van der Waals surface area contributed by atoms with Crippen LogP contribution >= 0.6 is 0 Å². The lowest BCUT2D eigenvalue weighted by molar-refractivity contribution is -0.140. The molecule has 0 aromatic heterocycles. The van der Waals surface area contributed by atoms with Crippen molar-refractivity contribution >= 4 is 27.5 Å². The van der Waals surface area contributed by atoms with Crippen LogP contribution in [0.3, 0.4) is 0 Å². The Kier molecular flexibility index (Phi) is 5.01. The molecule has 0 aliphatic carbocycles. The van der Waals surface area contributed by atoms with Crippen molar-refractivity contribution in [2.45, 2.75) is 31.9 Å². The Labute approximate surface area is 133 Å². The Balaban J connectivity index is 2.27. The topological polar surface area (TPSA) is 54.4 Å². The fourth-order valence-corrected chi connectivity index (χ4v) is 3.51. The summed E-state index contributed by atoms with van der Waals surface area (Å²) in [4.78, 5) is 11.6. The van der Waals surface area contributed by atoms with Gasteiger partial charge in [0.15, 0.2) is 0 Å². The largest absolute Gasteiger partial charge is 0.481 e. The monoisotopic (exact) mass is 318 g/mol. The molecular weight excluding hydrogens is 296 g/mol. The third-order valence-corrected chi connectivity index (χ3v) is 5.80. The van der Waals surface area contributed by atoms with Crippen molar-refractivity contribution in [1.29, 1.82) is 0 Å². The van der Waals surface area contributed by atoms with Gasteiger partial charge in [-0.25, -0.2) is 0 Å². The number of aliphatic carboxylic acids is 1. The number of carbonyl (C=O) groups is 1. The summed E-state index contributed by atoms with van der Waals surface area (Å²) in [5.41, 5.74) is 0.997. The summed E-state index contributed by atoms with van der Waals surface area (Å²) in [7, 11) is -1.18. The van der Waals surface area contributed by atoms with E-state index in [0.29, 0.717) is 6.42 Å². The second-order valence-corrected chi connectivity index (χ2v) is 8.75. The van der Waals surface area contributed by atoms with Crippen LogP contribution in [-0.4, -0.2) is 25.8 Å². The zero-order valence-electron chi connectivity index (χ0n) is 13.2. The summed E-state index contributed by atoms with van der Waals surface area (Å²) in [6, 6.07) is 13.9. The number of fused-ring (bicyclic) bond motifs is 1. The number of carboxylic acid groups (broad SMARTS) is 1. The maximum Gasteiger partial charge on any atom is 0.307 e. The molecule has 118 valence electrons. The molecule has 2 aromatic rings. The maximum atomic E-state index is 12.3. The number of benzene rings is 2. The first-order valence-corrected chi connectivity index (χ1v) is 8.69. The zero-order valence-corrected chi connectivity index (χ0v) is 14.0. The van der Waals surface area contributed by atoms with Crippen LogP contribution in [0.5, 0.6) is 0 Å². The molecule has 22 heavy (non-hydrogen) atoms. The lowest BCUT2D eigenvalue weighted by Gasteiger charge is -2.21. The smallest absolute Gasteiger partial charge is 0.307 e. The van der Waals surface area contributed by atoms with Gasteiger partial charge in [0.05, 0.1) is 5.92 Å². The van der Waals surface area contributed by atoms with Crippen LogP contribution in [0.15, 0.2) is 42.5 Å². The molecule has 0 fully saturated rings. The molecule has 3 nitrogen and oxygen atoms in total. The van der Waals surface area contributed by atoms with E-state index in [4.69, 9.17) is 0 Å². The Hall–Kier alpha value is -1.68. The fraction of sp³-hybridized carbons (Fsp3) is 0.389. The molecule has 1 unspecified atom stereocenters. The molecule has 2 aromatic carbocycles. The minimum absolute atomic E-state index is 0.183. The molecule has 0 saturated heterocycles. The Morgan fingerprint density at radius 2 is 1.77 bits per heavy atom. The third-order valence-electron chi connectivity index (χ3n) is 3.73. The van der Waals surface area contributed by atoms with E-state index >= 15 is 0 Å². The normalized spacial score (nSPS) is 14.7. The van der Waals surface area contributed by atoms with Gasteiger partial charge in [-0.3, -0.25) is 9.00 Å². The van der Waals surface area contributed by atoms with Gasteiger partial charge >= 0.3 is 5.97 Å². The predicted octanol–water partition coefficient (Wildman–Crippen LogP) is 3.63. The first kappa shape index (κ1) is 16.7. The average molecular weight is 318 g/mol. The highest BCUT2D eigenvalue weighted by molar-refractivity contribution is 7.86. The van der Waals surface area contributed by atoms with E-state index in [1.807, 2.05) is 63.2 Å². The summed E-state index contributed by atoms with van der Waals surface area (Å²) in [6.07, 6.45) is 0.401. The van der Waals surface area contributed by atoms with Crippen molar-refractivity contribution < 1.29 is 14.1 Å². The Bertz CT molecular complexity index is 696. The van der Waals surface area contributed by atoms with Gasteiger partial charge in [0.25, 0.3) is 0 Å². The van der Waals surface area contributed by atoms with E-state index in [-0.39, 0.29) is 5.75 Å². The maximum absolute atomic E-state index is 12.3. The van der Waals surface area contributed by atoms with Gasteiger partial charge in [-0.15, -0.1) is 0 Å². The van der Waals surface area contributed by atoms with Crippen molar-refractivity contribution in [3.05, 3.63) is 48.0 Å². The van der Waals surface area contributed by atoms with Crippen LogP contribution in [0, 0.1) is 5.92 Å². The van der Waals surface area contributed by atoms with E-state index in [2.05, 4.69) is 0 Å². The highest BCUT2D eigenvalue weighted by atomic mass is 32.2. The van der Waals surface area contributed by atoms with Crippen molar-refractivity contribution in [2.24, 2.45) is 5.92 Å². The minimum atomic E-state index is -1.18. The Morgan fingerprint density at radius 3 is 2.41 bits per heavy atom. The fourth-order valence-electron chi connectivity index (χ4n) is 2.39. The highest BCUT2D eigenvalue weighted by Gasteiger charge is 2.27. The van der Waals surface area contributed by atoms with Crippen LogP contribution in [0.1, 0.15) is 26.3 Å². The quantitative estimate of drug-likeness (QED) is 0.916. The predicted molar refractivity (Wildman–Crippen MR) is 91.5 cm³/mol. The van der Waals surface area contributed by atoms with Gasteiger partial charge < -0.3 is 5.11 Å². The first-order chi connectivity index (χ1) is 10.3. The molecule has 2 rings (SSSR count). The number of carboxylic acids is 1. The number of rotatable bonds is 5. The van der Waals surface area contributed by atoms with Crippen molar-refractivity contribution in [2.75, 3.05) is 5.75 Å². The molecule has 0 aliphatic heterocycles. The molecule has 1 N–H and O–H groups in total. The summed E-state index contributed by atoms with van der Waals surface area (Å²) < 4.78 is 11.9. The average Bonchev–Trinajstić information content (AvgIpc) is 2.45. The molecule has 2 atom stereocenters. The molecule has 4 heteroatoms. The van der Waals surface area contributed by atoms with Gasteiger partial charge in [-0.2, -0.15) is 0 Å². The summed E-state index contributed by atoms with van der Waals surface area (Å²) in [6.45, 7) is 5.62. The van der Waals surface area contributed by atoms with E-state index in [0.717, 1.165) is 16.3 Å². The van der Waals surface area contributed by atoms with Crippen LogP contribution in [0.4, 0.5) is 0 Å². The van der Waals surface area contributed by atoms with E-state index in [9.17, 15) is 14.1 Å². The van der Waals surface area contributed by atoms with Crippen LogP contribution in [0.25, 0.3) is 10.8 Å². The molecule has 0 bridgehead atoms. The van der Waals surface area contributed by atoms with Crippen molar-refractivity contribution in [1.82, 2.24) is 0 Å². The van der Waals surface area contributed by atoms with Crippen molar-refractivity contribution in [3.63, 3.8) is 0 Å². The van der Waals surface area contributed by atoms with Gasteiger partial charge in [0.1, 0.15) is 0 Å². The molecule has 0 radical (unpaired) electrons. The van der Waals surface area contributed by atoms with Gasteiger partial charge in [-0.1, -0.05) is 42.5 Å². The molecule has 0 aliphatic rings. The SMILES string of the molecule is CC(C)(C)S(=O)C[C@@H](Cc1cccc2ccccc12)C(=O)O. The molecule has 0 amide bonds. The summed E-state index contributed by atoms with van der Waals surface area (Å²) >= 11 is 0. The minimum Gasteiger partial charge on any atom is -0.481 e. The molecule has 0 spiro atoms. The number of hydrogen-bond donors (Lipinski definition) is 1. The van der Waals surface area contributed by atoms with E-state index in [1.165, 1.54) is 0 Å². The highest BCUT2D eigenvalue weighted by Crippen LogP contribution is 2.23. The molecule has 0 saturated carbocycles. The van der Waals surface area contributed by atoms with Crippen LogP contribution in [-0.2, 0) is 22.0 Å². The van der Waals surface area contributed by atoms with Gasteiger partial charge in [0, 0.05) is 21.3 Å². The zero-order chi connectivity index (χ0) is 16.3. The molecular formula is C18H22O3S. The second-order valence-electron chi connectivity index (χ2n) is 6.50. The van der Waals surface area contributed by atoms with Crippen molar-refractivity contribution in [3.8, 4) is 0 Å². The lowest BCUT2D eigenvalue weighted by atomic mass is 9.96. The summed E-state index contributed by atoms with van der Waals surface area (Å²) in [5.74, 6) is -1.33. The lowest BCUT2D eigenvalue weighted by Crippen LogP contribution is -2.31. The third kappa shape index (κ3) is 3.95. The summed E-state index contributed by atoms with van der Waals surface area (Å²) in [5, 5.41) is 11.7. The second kappa shape index (κ2) is 6.61. The van der Waals surface area contributed by atoms with Gasteiger partial charge in [-0.05, 0) is 43.5 Å². The Morgan fingerprint density at radius 1 is 1.14 bits per heavy atom. The van der Waals surface area contributed by atoms with Crippen LogP contribution < -0.4 is 0 Å². The van der Waals surface area contributed by atoms with Gasteiger partial charge in [0.2, 0.25) is 0 Å². The molecule has 0 heterocycles. The van der Waals surface area contributed by atoms with E-state index < -0.39 is 27.4 Å². The first-order valence-electron chi connectivity index (χ1n) is 7.37. The van der Waals surface area contributed by atoms with E-state index in [1.54, 1.807) is 0 Å². The number of hydrogen-bond acceptors (Lipinski definition) is 2.